The molecule has 0 saturated heterocycles. The van der Waals surface area contributed by atoms with Crippen LogP contribution >= 0.6 is 11.3 Å². The zero-order valence-corrected chi connectivity index (χ0v) is 14.6. The lowest BCUT2D eigenvalue weighted by Gasteiger charge is -2.06. The summed E-state index contributed by atoms with van der Waals surface area (Å²) < 4.78 is 1.79. The van der Waals surface area contributed by atoms with Crippen LogP contribution in [0.2, 0.25) is 0 Å². The van der Waals surface area contributed by atoms with Crippen LogP contribution in [-0.2, 0) is 7.05 Å². The summed E-state index contributed by atoms with van der Waals surface area (Å²) in [7, 11) is 1.91. The Morgan fingerprint density at radius 2 is 2.04 bits per heavy atom. The van der Waals surface area contributed by atoms with Crippen molar-refractivity contribution in [2.24, 2.45) is 7.05 Å². The molecule has 7 nitrogen and oxygen atoms in total. The Morgan fingerprint density at radius 3 is 2.85 bits per heavy atom. The van der Waals surface area contributed by atoms with E-state index < -0.39 is 0 Å². The van der Waals surface area contributed by atoms with E-state index in [1.54, 1.807) is 27.9 Å². The summed E-state index contributed by atoms with van der Waals surface area (Å²) in [5.74, 6) is 0. The maximum atomic E-state index is 4.52. The standard InChI is InChI=1S/C18H13N7S/c1-25-8-12(5-23-25)11-2-3-13-15(4-11)20-9-21-17(13)14-6-22-24-18(14)16-7-19-10-26-16/h2-10H,1H3,(H,22,24). The van der Waals surface area contributed by atoms with Gasteiger partial charge in [0.25, 0.3) is 0 Å². The number of aromatic amines is 1. The maximum Gasteiger partial charge on any atom is 0.116 e. The third-order valence-electron chi connectivity index (χ3n) is 4.24. The fourth-order valence-electron chi connectivity index (χ4n) is 3.01. The van der Waals surface area contributed by atoms with Crippen LogP contribution in [0.15, 0.2) is 54.8 Å². The molecule has 1 N–H and O–H groups in total. The van der Waals surface area contributed by atoms with Crippen LogP contribution in [0.25, 0.3) is 43.9 Å². The topological polar surface area (TPSA) is 85.2 Å². The van der Waals surface area contributed by atoms with Gasteiger partial charge in [0.05, 0.1) is 27.8 Å². The van der Waals surface area contributed by atoms with E-state index in [1.807, 2.05) is 31.8 Å². The van der Waals surface area contributed by atoms with Crippen LogP contribution in [0.3, 0.4) is 0 Å². The number of hydrogen-bond donors (Lipinski definition) is 1. The van der Waals surface area contributed by atoms with Crippen LogP contribution in [0.4, 0.5) is 0 Å². The Morgan fingerprint density at radius 1 is 1.08 bits per heavy atom. The maximum absolute atomic E-state index is 4.52. The third kappa shape index (κ3) is 2.39. The first kappa shape index (κ1) is 14.9. The van der Waals surface area contributed by atoms with Crippen LogP contribution in [0.1, 0.15) is 0 Å². The van der Waals surface area contributed by atoms with Gasteiger partial charge in [-0.3, -0.25) is 14.8 Å². The molecule has 0 aliphatic rings. The van der Waals surface area contributed by atoms with Gasteiger partial charge in [-0.25, -0.2) is 9.97 Å². The summed E-state index contributed by atoms with van der Waals surface area (Å²) in [4.78, 5) is 14.1. The predicted molar refractivity (Wildman–Crippen MR) is 100 cm³/mol. The number of rotatable bonds is 3. The molecule has 4 heterocycles. The summed E-state index contributed by atoms with van der Waals surface area (Å²) in [6.07, 6.45) is 9.11. The van der Waals surface area contributed by atoms with Gasteiger partial charge in [-0.05, 0) is 17.7 Å². The van der Waals surface area contributed by atoms with Crippen molar-refractivity contribution in [3.63, 3.8) is 0 Å². The van der Waals surface area contributed by atoms with Crippen molar-refractivity contribution in [1.29, 1.82) is 0 Å². The van der Waals surface area contributed by atoms with Gasteiger partial charge in [-0.2, -0.15) is 10.2 Å². The van der Waals surface area contributed by atoms with Gasteiger partial charge in [0.15, 0.2) is 0 Å². The molecular formula is C18H13N7S. The van der Waals surface area contributed by atoms with Crippen molar-refractivity contribution in [3.05, 3.63) is 54.8 Å². The third-order valence-corrected chi connectivity index (χ3v) is 5.02. The first-order valence-corrected chi connectivity index (χ1v) is 8.84. The number of benzene rings is 1. The lowest BCUT2D eigenvalue weighted by molar-refractivity contribution is 0.768. The van der Waals surface area contributed by atoms with E-state index >= 15 is 0 Å². The predicted octanol–water partition coefficient (Wildman–Crippen LogP) is 3.54. The SMILES string of the molecule is Cn1cc(-c2ccc3c(-c4c[nH]nc4-c4cncs4)ncnc3c2)cn1. The van der Waals surface area contributed by atoms with Gasteiger partial charge >= 0.3 is 0 Å². The summed E-state index contributed by atoms with van der Waals surface area (Å²) in [6, 6.07) is 6.18. The highest BCUT2D eigenvalue weighted by molar-refractivity contribution is 7.13. The molecule has 1 aromatic carbocycles. The van der Waals surface area contributed by atoms with E-state index in [4.69, 9.17) is 0 Å². The first-order valence-electron chi connectivity index (χ1n) is 7.96. The van der Waals surface area contributed by atoms with E-state index in [9.17, 15) is 0 Å². The highest BCUT2D eigenvalue weighted by Crippen LogP contribution is 2.35. The molecule has 0 spiro atoms. The number of aromatic nitrogens is 7. The summed E-state index contributed by atoms with van der Waals surface area (Å²) in [6.45, 7) is 0. The second-order valence-corrected chi connectivity index (χ2v) is 6.76. The molecule has 8 heteroatoms. The summed E-state index contributed by atoms with van der Waals surface area (Å²) in [5, 5.41) is 12.5. The number of nitrogens with zero attached hydrogens (tertiary/aromatic N) is 6. The lowest BCUT2D eigenvalue weighted by atomic mass is 10.0. The Kier molecular flexibility index (Phi) is 3.36. The second kappa shape index (κ2) is 5.85. The number of aryl methyl sites for hydroxylation is 1. The molecule has 0 aliphatic carbocycles. The molecule has 0 amide bonds. The van der Waals surface area contributed by atoms with Crippen molar-refractivity contribution in [1.82, 2.24) is 34.9 Å². The smallest absolute Gasteiger partial charge is 0.116 e. The van der Waals surface area contributed by atoms with E-state index in [1.165, 1.54) is 0 Å². The molecule has 4 aromatic heterocycles. The fourth-order valence-corrected chi connectivity index (χ4v) is 3.64. The molecule has 0 aliphatic heterocycles. The minimum Gasteiger partial charge on any atom is -0.284 e. The molecule has 0 unspecified atom stereocenters. The monoisotopic (exact) mass is 359 g/mol. The van der Waals surface area contributed by atoms with Crippen LogP contribution in [0, 0.1) is 0 Å². The van der Waals surface area contributed by atoms with Crippen molar-refractivity contribution >= 4 is 22.2 Å². The summed E-state index contributed by atoms with van der Waals surface area (Å²) >= 11 is 1.55. The first-order chi connectivity index (χ1) is 12.8. The van der Waals surface area contributed by atoms with E-state index in [-0.39, 0.29) is 0 Å². The highest BCUT2D eigenvalue weighted by Gasteiger charge is 2.16. The van der Waals surface area contributed by atoms with Crippen molar-refractivity contribution in [2.45, 2.75) is 0 Å². The average Bonchev–Trinajstić information content (AvgIpc) is 3.41. The molecule has 0 saturated carbocycles. The zero-order chi connectivity index (χ0) is 17.5. The number of thiazole rings is 1. The quantitative estimate of drug-likeness (QED) is 0.532. The normalized spacial score (nSPS) is 11.3. The number of fused-ring (bicyclic) bond motifs is 1. The van der Waals surface area contributed by atoms with Crippen LogP contribution < -0.4 is 0 Å². The van der Waals surface area contributed by atoms with Gasteiger partial charge in [0, 0.05) is 42.2 Å². The number of nitrogens with one attached hydrogen (secondary N) is 1. The van der Waals surface area contributed by atoms with Gasteiger partial charge in [0.2, 0.25) is 0 Å². The zero-order valence-electron chi connectivity index (χ0n) is 13.8. The molecule has 0 fully saturated rings. The lowest BCUT2D eigenvalue weighted by Crippen LogP contribution is -1.90. The van der Waals surface area contributed by atoms with Crippen molar-refractivity contribution < 1.29 is 0 Å². The molecule has 26 heavy (non-hydrogen) atoms. The van der Waals surface area contributed by atoms with E-state index in [0.717, 1.165) is 43.9 Å². The Bertz CT molecular complexity index is 1200. The van der Waals surface area contributed by atoms with Crippen molar-refractivity contribution in [2.75, 3.05) is 0 Å². The van der Waals surface area contributed by atoms with Crippen LogP contribution in [-0.4, -0.2) is 34.9 Å². The number of hydrogen-bond acceptors (Lipinski definition) is 6. The Balaban J connectivity index is 1.67. The Labute approximate surface area is 152 Å². The van der Waals surface area contributed by atoms with E-state index in [0.29, 0.717) is 0 Å². The minimum absolute atomic E-state index is 0.851. The number of H-pyrrole nitrogens is 1. The molecule has 5 rings (SSSR count). The van der Waals surface area contributed by atoms with Crippen molar-refractivity contribution in [3.8, 4) is 33.0 Å². The Hall–Kier alpha value is -3.39. The molecule has 5 aromatic rings. The van der Waals surface area contributed by atoms with Gasteiger partial charge < -0.3 is 0 Å². The molecule has 0 radical (unpaired) electrons. The largest absolute Gasteiger partial charge is 0.284 e. The summed E-state index contributed by atoms with van der Waals surface area (Å²) in [5.41, 5.74) is 7.46. The van der Waals surface area contributed by atoms with Gasteiger partial charge in [-0.15, -0.1) is 11.3 Å². The average molecular weight is 359 g/mol. The molecule has 0 atom stereocenters. The van der Waals surface area contributed by atoms with Gasteiger partial charge in [0.1, 0.15) is 12.0 Å². The van der Waals surface area contributed by atoms with E-state index in [2.05, 4.69) is 48.4 Å². The second-order valence-electron chi connectivity index (χ2n) is 5.87. The van der Waals surface area contributed by atoms with Crippen LogP contribution in [0.5, 0.6) is 0 Å². The highest BCUT2D eigenvalue weighted by atomic mass is 32.1. The molecule has 0 bridgehead atoms. The van der Waals surface area contributed by atoms with Gasteiger partial charge in [-0.1, -0.05) is 6.07 Å². The molecular weight excluding hydrogens is 346 g/mol. The minimum atomic E-state index is 0.851. The fraction of sp³-hybridized carbons (Fsp3) is 0.0556. The molecule has 126 valence electrons.